The number of carbonyl (C=O) groups excluding carboxylic acids is 2. The van der Waals surface area contributed by atoms with E-state index in [1.807, 2.05) is 0 Å². The lowest BCUT2D eigenvalue weighted by atomic mass is 10.3. The number of nitrogens with one attached hydrogen (secondary N) is 2. The SMILES string of the molecule is CCN(CC(=O)OC)C(=O)Nc1cc(C)[nH]c1C(=O)O. The van der Waals surface area contributed by atoms with Crippen molar-refractivity contribution in [1.29, 1.82) is 0 Å². The number of carboxylic acids is 1. The third-order valence-electron chi connectivity index (χ3n) is 2.62. The second kappa shape index (κ2) is 6.60. The van der Waals surface area contributed by atoms with Crippen LogP contribution in [0.5, 0.6) is 0 Å². The first kappa shape index (κ1) is 15.5. The van der Waals surface area contributed by atoms with Crippen LogP contribution in [-0.2, 0) is 9.53 Å². The molecule has 0 spiro atoms. The van der Waals surface area contributed by atoms with Crippen molar-refractivity contribution >= 4 is 23.7 Å². The molecule has 110 valence electrons. The number of methoxy groups -OCH3 is 1. The van der Waals surface area contributed by atoms with E-state index in [0.29, 0.717) is 5.69 Å². The van der Waals surface area contributed by atoms with Crippen LogP contribution in [0.2, 0.25) is 0 Å². The maximum absolute atomic E-state index is 12.0. The maximum atomic E-state index is 12.0. The molecule has 20 heavy (non-hydrogen) atoms. The molecule has 0 bridgehead atoms. The van der Waals surface area contributed by atoms with Crippen LogP contribution in [0.4, 0.5) is 10.5 Å². The van der Waals surface area contributed by atoms with Gasteiger partial charge < -0.3 is 25.0 Å². The van der Waals surface area contributed by atoms with E-state index in [0.717, 1.165) is 0 Å². The number of aromatic amines is 1. The van der Waals surface area contributed by atoms with Crippen LogP contribution >= 0.6 is 0 Å². The molecule has 2 amide bonds. The standard InChI is InChI=1S/C12H17N3O5/c1-4-15(6-9(16)20-3)12(19)14-8-5-7(2)13-10(8)11(17)18/h5,13H,4,6H2,1-3H3,(H,14,19)(H,17,18). The minimum Gasteiger partial charge on any atom is -0.477 e. The topological polar surface area (TPSA) is 112 Å². The minimum absolute atomic E-state index is 0.107. The Morgan fingerprint density at radius 3 is 2.60 bits per heavy atom. The lowest BCUT2D eigenvalue weighted by molar-refractivity contribution is -0.141. The zero-order valence-electron chi connectivity index (χ0n) is 11.5. The van der Waals surface area contributed by atoms with Crippen LogP contribution in [0.3, 0.4) is 0 Å². The van der Waals surface area contributed by atoms with E-state index in [1.165, 1.54) is 18.1 Å². The first-order valence-electron chi connectivity index (χ1n) is 5.94. The third-order valence-corrected chi connectivity index (χ3v) is 2.62. The molecule has 0 aliphatic rings. The van der Waals surface area contributed by atoms with Crippen molar-refractivity contribution in [2.24, 2.45) is 0 Å². The molecule has 1 aromatic heterocycles. The monoisotopic (exact) mass is 283 g/mol. The molecule has 0 radical (unpaired) electrons. The highest BCUT2D eigenvalue weighted by atomic mass is 16.5. The molecule has 0 saturated heterocycles. The summed E-state index contributed by atoms with van der Waals surface area (Å²) < 4.78 is 4.49. The van der Waals surface area contributed by atoms with Crippen LogP contribution in [0.25, 0.3) is 0 Å². The van der Waals surface area contributed by atoms with E-state index in [-0.39, 0.29) is 24.5 Å². The number of hydrogen-bond donors (Lipinski definition) is 3. The first-order chi connectivity index (χ1) is 9.38. The number of likely N-dealkylation sites (N-methyl/N-ethyl adjacent to an activating group) is 1. The Morgan fingerprint density at radius 2 is 2.10 bits per heavy atom. The Hall–Kier alpha value is -2.51. The molecule has 0 aliphatic carbocycles. The fourth-order valence-corrected chi connectivity index (χ4v) is 1.60. The number of hydrogen-bond acceptors (Lipinski definition) is 4. The van der Waals surface area contributed by atoms with Gasteiger partial charge in [0.2, 0.25) is 0 Å². The molecule has 0 aliphatic heterocycles. The van der Waals surface area contributed by atoms with Crippen molar-refractivity contribution < 1.29 is 24.2 Å². The summed E-state index contributed by atoms with van der Waals surface area (Å²) in [7, 11) is 1.23. The van der Waals surface area contributed by atoms with E-state index in [2.05, 4.69) is 15.0 Å². The number of esters is 1. The molecule has 0 unspecified atom stereocenters. The normalized spacial score (nSPS) is 9.95. The number of nitrogens with zero attached hydrogens (tertiary/aromatic N) is 1. The summed E-state index contributed by atoms with van der Waals surface area (Å²) in [6.45, 7) is 3.45. The van der Waals surface area contributed by atoms with Crippen LogP contribution in [0, 0.1) is 6.92 Å². The summed E-state index contributed by atoms with van der Waals surface area (Å²) in [5, 5.41) is 11.5. The van der Waals surface area contributed by atoms with Crippen molar-refractivity contribution in [2.75, 3.05) is 25.5 Å². The molecule has 0 saturated carbocycles. The second-order valence-electron chi connectivity index (χ2n) is 4.07. The highest BCUT2D eigenvalue weighted by Crippen LogP contribution is 2.17. The number of aromatic nitrogens is 1. The lowest BCUT2D eigenvalue weighted by Gasteiger charge is -2.19. The highest BCUT2D eigenvalue weighted by Gasteiger charge is 2.20. The Kier molecular flexibility index (Phi) is 5.13. The van der Waals surface area contributed by atoms with Gasteiger partial charge in [-0.2, -0.15) is 0 Å². The molecule has 8 nitrogen and oxygen atoms in total. The molecule has 1 aromatic rings. The Bertz CT molecular complexity index is 523. The van der Waals surface area contributed by atoms with Gasteiger partial charge in [0, 0.05) is 12.2 Å². The van der Waals surface area contributed by atoms with E-state index < -0.39 is 18.0 Å². The summed E-state index contributed by atoms with van der Waals surface area (Å²) in [6.07, 6.45) is 0. The Labute approximate surface area is 115 Å². The number of anilines is 1. The number of carboxylic acid groups (broad SMARTS) is 1. The average molecular weight is 283 g/mol. The van der Waals surface area contributed by atoms with Crippen LogP contribution < -0.4 is 5.32 Å². The van der Waals surface area contributed by atoms with Crippen LogP contribution in [0.1, 0.15) is 23.1 Å². The number of carbonyl (C=O) groups is 3. The summed E-state index contributed by atoms with van der Waals surface area (Å²) in [5.41, 5.74) is 0.655. The van der Waals surface area contributed by atoms with E-state index >= 15 is 0 Å². The van der Waals surface area contributed by atoms with Crippen molar-refractivity contribution in [2.45, 2.75) is 13.8 Å². The van der Waals surface area contributed by atoms with E-state index in [4.69, 9.17) is 5.11 Å². The van der Waals surface area contributed by atoms with Gasteiger partial charge >= 0.3 is 18.0 Å². The van der Waals surface area contributed by atoms with Crippen LogP contribution in [0.15, 0.2) is 6.07 Å². The van der Waals surface area contributed by atoms with Crippen molar-refractivity contribution in [1.82, 2.24) is 9.88 Å². The van der Waals surface area contributed by atoms with E-state index in [1.54, 1.807) is 13.8 Å². The molecule has 1 heterocycles. The highest BCUT2D eigenvalue weighted by molar-refractivity contribution is 5.99. The Morgan fingerprint density at radius 1 is 1.45 bits per heavy atom. The van der Waals surface area contributed by atoms with Crippen LogP contribution in [-0.4, -0.2) is 53.2 Å². The van der Waals surface area contributed by atoms with Gasteiger partial charge in [0.15, 0.2) is 0 Å². The first-order valence-corrected chi connectivity index (χ1v) is 5.94. The minimum atomic E-state index is -1.18. The smallest absolute Gasteiger partial charge is 0.354 e. The van der Waals surface area contributed by atoms with Gasteiger partial charge in [-0.25, -0.2) is 9.59 Å². The van der Waals surface area contributed by atoms with Gasteiger partial charge in [-0.1, -0.05) is 0 Å². The quantitative estimate of drug-likeness (QED) is 0.699. The number of rotatable bonds is 5. The van der Waals surface area contributed by atoms with Gasteiger partial charge in [-0.05, 0) is 19.9 Å². The average Bonchev–Trinajstić information content (AvgIpc) is 2.76. The van der Waals surface area contributed by atoms with Crippen molar-refractivity contribution in [3.63, 3.8) is 0 Å². The molecule has 0 atom stereocenters. The van der Waals surface area contributed by atoms with Gasteiger partial charge in [-0.15, -0.1) is 0 Å². The van der Waals surface area contributed by atoms with Gasteiger partial charge in [0.05, 0.1) is 12.8 Å². The summed E-state index contributed by atoms with van der Waals surface area (Å²) in [6, 6.07) is 0.937. The number of H-pyrrole nitrogens is 1. The number of aromatic carboxylic acids is 1. The van der Waals surface area contributed by atoms with Gasteiger partial charge in [-0.3, -0.25) is 4.79 Å². The zero-order chi connectivity index (χ0) is 15.3. The van der Waals surface area contributed by atoms with Crippen molar-refractivity contribution in [3.8, 4) is 0 Å². The summed E-state index contributed by atoms with van der Waals surface area (Å²) >= 11 is 0. The number of ether oxygens (including phenoxy) is 1. The summed E-state index contributed by atoms with van der Waals surface area (Å²) in [4.78, 5) is 38.0. The number of urea groups is 1. The second-order valence-corrected chi connectivity index (χ2v) is 4.07. The molecule has 0 aromatic carbocycles. The largest absolute Gasteiger partial charge is 0.477 e. The molecule has 1 rings (SSSR count). The fraction of sp³-hybridized carbons (Fsp3) is 0.417. The third kappa shape index (κ3) is 3.74. The van der Waals surface area contributed by atoms with Gasteiger partial charge in [0.1, 0.15) is 12.2 Å². The van der Waals surface area contributed by atoms with E-state index in [9.17, 15) is 14.4 Å². The molecule has 8 heteroatoms. The molecule has 3 N–H and O–H groups in total. The number of amides is 2. The lowest BCUT2D eigenvalue weighted by Crippen LogP contribution is -2.39. The summed E-state index contributed by atoms with van der Waals surface area (Å²) in [5.74, 6) is -1.73. The Balaban J connectivity index is 2.83. The molecular weight excluding hydrogens is 266 g/mol. The molecule has 0 fully saturated rings. The number of aryl methyl sites for hydroxylation is 1. The van der Waals surface area contributed by atoms with Crippen molar-refractivity contribution in [3.05, 3.63) is 17.5 Å². The molecular formula is C12H17N3O5. The fourth-order valence-electron chi connectivity index (χ4n) is 1.60. The maximum Gasteiger partial charge on any atom is 0.354 e. The predicted molar refractivity (Wildman–Crippen MR) is 70.8 cm³/mol. The van der Waals surface area contributed by atoms with Gasteiger partial charge in [0.25, 0.3) is 0 Å². The predicted octanol–water partition coefficient (Wildman–Crippen LogP) is 1.05. The zero-order valence-corrected chi connectivity index (χ0v) is 11.5.